The zero-order valence-corrected chi connectivity index (χ0v) is 8.16. The van der Waals surface area contributed by atoms with Crippen LogP contribution in [-0.4, -0.2) is 31.3 Å². The van der Waals surface area contributed by atoms with Gasteiger partial charge in [-0.1, -0.05) is 6.07 Å². The van der Waals surface area contributed by atoms with Crippen LogP contribution in [0.15, 0.2) is 18.2 Å². The summed E-state index contributed by atoms with van der Waals surface area (Å²) in [6.07, 6.45) is 0. The molecule has 0 saturated carbocycles. The summed E-state index contributed by atoms with van der Waals surface area (Å²) in [5.41, 5.74) is 2.11. The van der Waals surface area contributed by atoms with Crippen molar-refractivity contribution in [2.75, 3.05) is 31.1 Å². The van der Waals surface area contributed by atoms with Gasteiger partial charge < -0.3 is 15.3 Å². The smallest absolute Gasteiger partial charge is 0.0702 e. The summed E-state index contributed by atoms with van der Waals surface area (Å²) in [5.74, 6) is 0. The lowest BCUT2D eigenvalue weighted by Crippen LogP contribution is -2.43. The molecule has 0 unspecified atom stereocenters. The Morgan fingerprint density at radius 1 is 1.43 bits per heavy atom. The first-order valence-electron chi connectivity index (χ1n) is 4.97. The lowest BCUT2D eigenvalue weighted by atomic mass is 10.1. The molecule has 2 rings (SSSR count). The van der Waals surface area contributed by atoms with Gasteiger partial charge in [0.05, 0.1) is 6.61 Å². The summed E-state index contributed by atoms with van der Waals surface area (Å²) < 4.78 is 0. The number of benzene rings is 1. The number of nitrogens with zero attached hydrogens (tertiary/aromatic N) is 1. The summed E-state index contributed by atoms with van der Waals surface area (Å²) >= 11 is 0. The molecule has 0 spiro atoms. The lowest BCUT2D eigenvalue weighted by molar-refractivity contribution is 0.282. The minimum atomic E-state index is 0.0939. The highest BCUT2D eigenvalue weighted by atomic mass is 16.3. The van der Waals surface area contributed by atoms with E-state index in [1.54, 1.807) is 0 Å². The van der Waals surface area contributed by atoms with Crippen molar-refractivity contribution in [3.63, 3.8) is 0 Å². The number of aliphatic hydroxyl groups excluding tert-OH is 1. The van der Waals surface area contributed by atoms with Gasteiger partial charge in [0.1, 0.15) is 0 Å². The quantitative estimate of drug-likeness (QED) is 0.710. The molecular formula is C11H15N2O. The number of aliphatic hydroxyl groups is 1. The molecule has 0 aromatic heterocycles. The Morgan fingerprint density at radius 3 is 2.93 bits per heavy atom. The minimum Gasteiger partial charge on any atom is -0.392 e. The molecule has 3 nitrogen and oxygen atoms in total. The molecule has 14 heavy (non-hydrogen) atoms. The van der Waals surface area contributed by atoms with Crippen molar-refractivity contribution in [1.29, 1.82) is 0 Å². The second kappa shape index (κ2) is 4.44. The molecule has 0 aliphatic carbocycles. The van der Waals surface area contributed by atoms with Crippen LogP contribution in [0.3, 0.4) is 0 Å². The van der Waals surface area contributed by atoms with Crippen molar-refractivity contribution in [3.8, 4) is 0 Å². The molecule has 1 aromatic carbocycles. The van der Waals surface area contributed by atoms with Crippen LogP contribution < -0.4 is 10.2 Å². The van der Waals surface area contributed by atoms with Gasteiger partial charge in [-0.05, 0) is 18.2 Å². The highest BCUT2D eigenvalue weighted by Gasteiger charge is 2.12. The predicted octanol–water partition coefficient (Wildman–Crippen LogP) is 0.389. The van der Waals surface area contributed by atoms with Crippen LogP contribution >= 0.6 is 0 Å². The molecule has 1 aliphatic rings. The van der Waals surface area contributed by atoms with E-state index >= 15 is 0 Å². The molecule has 2 N–H and O–H groups in total. The number of anilines is 1. The maximum Gasteiger partial charge on any atom is 0.0702 e. The van der Waals surface area contributed by atoms with Crippen molar-refractivity contribution in [1.82, 2.24) is 5.32 Å². The van der Waals surface area contributed by atoms with Gasteiger partial charge in [-0.2, -0.15) is 0 Å². The maximum atomic E-state index is 9.19. The summed E-state index contributed by atoms with van der Waals surface area (Å²) in [6.45, 7) is 4.15. The average Bonchev–Trinajstić information content (AvgIpc) is 2.30. The minimum absolute atomic E-state index is 0.0939. The summed E-state index contributed by atoms with van der Waals surface area (Å²) in [7, 11) is 0. The molecule has 1 heterocycles. The highest BCUT2D eigenvalue weighted by Crippen LogP contribution is 2.20. The standard InChI is InChI=1S/C11H15N2O/c14-9-10-3-1-2-4-11(10)13-7-5-12-6-8-13/h2-4,12,14H,5-9H2. The van der Waals surface area contributed by atoms with Crippen LogP contribution in [0.4, 0.5) is 5.69 Å². The Morgan fingerprint density at radius 2 is 2.21 bits per heavy atom. The monoisotopic (exact) mass is 191 g/mol. The molecule has 0 atom stereocenters. The van der Waals surface area contributed by atoms with Gasteiger partial charge in [0.25, 0.3) is 0 Å². The molecule has 75 valence electrons. The normalized spacial score (nSPS) is 17.1. The largest absolute Gasteiger partial charge is 0.392 e. The van der Waals surface area contributed by atoms with Gasteiger partial charge in [-0.3, -0.25) is 0 Å². The predicted molar refractivity (Wildman–Crippen MR) is 56.3 cm³/mol. The molecule has 0 bridgehead atoms. The molecular weight excluding hydrogens is 176 g/mol. The van der Waals surface area contributed by atoms with Crippen LogP contribution in [0.2, 0.25) is 0 Å². The van der Waals surface area contributed by atoms with Crippen molar-refractivity contribution in [2.24, 2.45) is 0 Å². The SMILES string of the molecule is OCc1c[c]ccc1N1CCNCC1. The van der Waals surface area contributed by atoms with Crippen LogP contribution in [0.1, 0.15) is 5.56 Å². The van der Waals surface area contributed by atoms with Crippen LogP contribution in [0.25, 0.3) is 0 Å². The fourth-order valence-electron chi connectivity index (χ4n) is 1.80. The first-order valence-corrected chi connectivity index (χ1v) is 4.97. The van der Waals surface area contributed by atoms with E-state index in [4.69, 9.17) is 0 Å². The van der Waals surface area contributed by atoms with Crippen LogP contribution in [-0.2, 0) is 6.61 Å². The Kier molecular flexibility index (Phi) is 3.01. The first kappa shape index (κ1) is 9.49. The molecule has 0 amide bonds. The highest BCUT2D eigenvalue weighted by molar-refractivity contribution is 5.53. The summed E-state index contributed by atoms with van der Waals surface area (Å²) in [4.78, 5) is 2.30. The van der Waals surface area contributed by atoms with Crippen molar-refractivity contribution in [3.05, 3.63) is 29.8 Å². The summed E-state index contributed by atoms with van der Waals surface area (Å²) in [5, 5.41) is 12.5. The van der Waals surface area contributed by atoms with Crippen molar-refractivity contribution in [2.45, 2.75) is 6.61 Å². The van der Waals surface area contributed by atoms with Gasteiger partial charge in [-0.15, -0.1) is 0 Å². The number of hydrogen-bond donors (Lipinski definition) is 2. The van der Waals surface area contributed by atoms with Crippen LogP contribution in [0, 0.1) is 6.07 Å². The number of piperazine rings is 1. The third-order valence-electron chi connectivity index (χ3n) is 2.55. The number of rotatable bonds is 2. The molecule has 1 fully saturated rings. The van der Waals surface area contributed by atoms with E-state index in [1.807, 2.05) is 18.2 Å². The summed E-state index contributed by atoms with van der Waals surface area (Å²) in [6, 6.07) is 8.77. The van der Waals surface area contributed by atoms with Crippen molar-refractivity contribution >= 4 is 5.69 Å². The second-order valence-corrected chi connectivity index (χ2v) is 3.45. The van der Waals surface area contributed by atoms with E-state index < -0.39 is 0 Å². The molecule has 1 saturated heterocycles. The number of hydrogen-bond acceptors (Lipinski definition) is 3. The third-order valence-corrected chi connectivity index (χ3v) is 2.55. The van der Waals surface area contributed by atoms with E-state index in [-0.39, 0.29) is 6.61 Å². The Balaban J connectivity index is 2.20. The molecule has 1 aliphatic heterocycles. The average molecular weight is 191 g/mol. The van der Waals surface area contributed by atoms with Gasteiger partial charge in [0.2, 0.25) is 0 Å². The topological polar surface area (TPSA) is 35.5 Å². The Bertz CT molecular complexity index is 295. The van der Waals surface area contributed by atoms with E-state index in [1.165, 1.54) is 0 Å². The van der Waals surface area contributed by atoms with Gasteiger partial charge in [0, 0.05) is 37.4 Å². The van der Waals surface area contributed by atoms with E-state index in [0.717, 1.165) is 37.4 Å². The van der Waals surface area contributed by atoms with E-state index in [2.05, 4.69) is 16.3 Å². The van der Waals surface area contributed by atoms with Crippen LogP contribution in [0.5, 0.6) is 0 Å². The van der Waals surface area contributed by atoms with Gasteiger partial charge in [-0.25, -0.2) is 0 Å². The second-order valence-electron chi connectivity index (χ2n) is 3.45. The van der Waals surface area contributed by atoms with E-state index in [0.29, 0.717) is 0 Å². The molecule has 1 aromatic rings. The lowest BCUT2D eigenvalue weighted by Gasteiger charge is -2.30. The zero-order valence-electron chi connectivity index (χ0n) is 8.16. The van der Waals surface area contributed by atoms with Crippen molar-refractivity contribution < 1.29 is 5.11 Å². The number of nitrogens with one attached hydrogen (secondary N) is 1. The maximum absolute atomic E-state index is 9.19. The Labute approximate surface area is 84.4 Å². The molecule has 3 heteroatoms. The first-order chi connectivity index (χ1) is 6.92. The van der Waals surface area contributed by atoms with E-state index in [9.17, 15) is 5.11 Å². The fraction of sp³-hybridized carbons (Fsp3) is 0.455. The zero-order chi connectivity index (χ0) is 9.80. The van der Waals surface area contributed by atoms with Gasteiger partial charge in [0.15, 0.2) is 0 Å². The Hall–Kier alpha value is -1.06. The third kappa shape index (κ3) is 1.89. The van der Waals surface area contributed by atoms with Gasteiger partial charge >= 0.3 is 0 Å². The molecule has 1 radical (unpaired) electrons. The fourth-order valence-corrected chi connectivity index (χ4v) is 1.80.